The molecule has 3 heteroatoms. The van der Waals surface area contributed by atoms with E-state index in [4.69, 9.17) is 11.6 Å². The van der Waals surface area contributed by atoms with Gasteiger partial charge in [-0.1, -0.05) is 55.8 Å². The van der Waals surface area contributed by atoms with Gasteiger partial charge in [-0.25, -0.2) is 8.78 Å². The molecule has 0 nitrogen and oxygen atoms in total. The highest BCUT2D eigenvalue weighted by Gasteiger charge is 1.99. The molecule has 0 bridgehead atoms. The number of benzene rings is 2. The standard InChI is InChI=1S/C8H9F.C7H6ClF.C2H6/c1-6-4-3-5-7(2)8(6)9;1-5-3-2-4-6(8)7(5)9;1-2/h3-5H,1-2H3;2-4H,1H3;1-2H3. The third-order valence-electron chi connectivity index (χ3n) is 2.53. The topological polar surface area (TPSA) is 0 Å². The van der Waals surface area contributed by atoms with Gasteiger partial charge in [-0.2, -0.15) is 0 Å². The SMILES string of the molecule is CC.Cc1cccc(C)c1F.Cc1cccc(Cl)c1F. The highest BCUT2D eigenvalue weighted by Crippen LogP contribution is 2.16. The van der Waals surface area contributed by atoms with Gasteiger partial charge in [-0.3, -0.25) is 0 Å². The van der Waals surface area contributed by atoms with Crippen LogP contribution in [0.5, 0.6) is 0 Å². The molecule has 0 N–H and O–H groups in total. The fourth-order valence-electron chi connectivity index (χ4n) is 1.41. The summed E-state index contributed by atoms with van der Waals surface area (Å²) in [6, 6.07) is 10.3. The maximum absolute atomic E-state index is 12.7. The third-order valence-corrected chi connectivity index (χ3v) is 2.82. The summed E-state index contributed by atoms with van der Waals surface area (Å²) in [5, 5.41) is 0.190. The van der Waals surface area contributed by atoms with Crippen molar-refractivity contribution >= 4 is 11.6 Å². The van der Waals surface area contributed by atoms with Gasteiger partial charge in [0.15, 0.2) is 0 Å². The van der Waals surface area contributed by atoms with Crippen LogP contribution in [-0.4, -0.2) is 0 Å². The second-order valence-corrected chi connectivity index (χ2v) is 4.48. The fourth-order valence-corrected chi connectivity index (χ4v) is 1.63. The number of hydrogen-bond donors (Lipinski definition) is 0. The maximum atomic E-state index is 12.7. The fraction of sp³-hybridized carbons (Fsp3) is 0.294. The van der Waals surface area contributed by atoms with E-state index in [9.17, 15) is 8.78 Å². The molecule has 0 aliphatic heterocycles. The smallest absolute Gasteiger partial charge is 0.144 e. The molecule has 0 aliphatic carbocycles. The lowest BCUT2D eigenvalue weighted by Gasteiger charge is -1.96. The van der Waals surface area contributed by atoms with Crippen LogP contribution in [0.25, 0.3) is 0 Å². The second kappa shape index (κ2) is 9.49. The van der Waals surface area contributed by atoms with Crippen LogP contribution in [0.15, 0.2) is 36.4 Å². The van der Waals surface area contributed by atoms with Gasteiger partial charge in [0.1, 0.15) is 11.6 Å². The molecule has 2 aromatic carbocycles. The molecule has 0 fully saturated rings. The van der Waals surface area contributed by atoms with Gasteiger partial charge in [-0.05, 0) is 43.5 Å². The molecule has 0 saturated carbocycles. The minimum Gasteiger partial charge on any atom is -0.206 e. The lowest BCUT2D eigenvalue weighted by Crippen LogP contribution is -1.84. The van der Waals surface area contributed by atoms with Crippen molar-refractivity contribution in [3.8, 4) is 0 Å². The average Bonchev–Trinajstić information content (AvgIpc) is 2.45. The Balaban J connectivity index is 0.000000321. The molecule has 0 unspecified atom stereocenters. The van der Waals surface area contributed by atoms with Crippen molar-refractivity contribution in [1.82, 2.24) is 0 Å². The van der Waals surface area contributed by atoms with Gasteiger partial charge >= 0.3 is 0 Å². The molecule has 0 radical (unpaired) electrons. The van der Waals surface area contributed by atoms with Gasteiger partial charge in [-0.15, -0.1) is 0 Å². The molecular weight excluding hydrogens is 278 g/mol. The minimum absolute atomic E-state index is 0.0856. The molecule has 0 amide bonds. The normalized spacial score (nSPS) is 9.00. The van der Waals surface area contributed by atoms with Crippen LogP contribution in [0.1, 0.15) is 30.5 Å². The van der Waals surface area contributed by atoms with Crippen LogP contribution < -0.4 is 0 Å². The van der Waals surface area contributed by atoms with Gasteiger partial charge in [0.05, 0.1) is 5.02 Å². The summed E-state index contributed by atoms with van der Waals surface area (Å²) >= 11 is 5.44. The van der Waals surface area contributed by atoms with Gasteiger partial charge in [0.25, 0.3) is 0 Å². The van der Waals surface area contributed by atoms with Crippen LogP contribution >= 0.6 is 11.6 Å². The Kier molecular flexibility index (Phi) is 8.82. The molecule has 110 valence electrons. The van der Waals surface area contributed by atoms with E-state index in [0.29, 0.717) is 5.56 Å². The van der Waals surface area contributed by atoms with Gasteiger partial charge < -0.3 is 0 Å². The van der Waals surface area contributed by atoms with Crippen molar-refractivity contribution in [2.45, 2.75) is 34.6 Å². The summed E-state index contributed by atoms with van der Waals surface area (Å²) in [5.41, 5.74) is 2.02. The van der Waals surface area contributed by atoms with Crippen molar-refractivity contribution in [3.05, 3.63) is 69.7 Å². The molecule has 0 spiro atoms. The van der Waals surface area contributed by atoms with E-state index in [1.54, 1.807) is 45.0 Å². The molecule has 0 heterocycles. The second-order valence-electron chi connectivity index (χ2n) is 4.08. The molecule has 0 atom stereocenters. The van der Waals surface area contributed by atoms with Crippen molar-refractivity contribution in [3.63, 3.8) is 0 Å². The minimum atomic E-state index is -0.320. The molecule has 2 aromatic rings. The van der Waals surface area contributed by atoms with Crippen LogP contribution in [0.2, 0.25) is 5.02 Å². The van der Waals surface area contributed by atoms with E-state index in [1.165, 1.54) is 6.07 Å². The highest BCUT2D eigenvalue weighted by molar-refractivity contribution is 6.30. The van der Waals surface area contributed by atoms with Crippen LogP contribution in [-0.2, 0) is 0 Å². The lowest BCUT2D eigenvalue weighted by atomic mass is 10.1. The highest BCUT2D eigenvalue weighted by atomic mass is 35.5. The van der Waals surface area contributed by atoms with Crippen molar-refractivity contribution in [2.75, 3.05) is 0 Å². The van der Waals surface area contributed by atoms with Crippen molar-refractivity contribution < 1.29 is 8.78 Å². The summed E-state index contributed by atoms with van der Waals surface area (Å²) in [6.07, 6.45) is 0. The third kappa shape index (κ3) is 5.70. The molecule has 20 heavy (non-hydrogen) atoms. The summed E-state index contributed by atoms with van der Waals surface area (Å²) in [7, 11) is 0. The zero-order valence-corrected chi connectivity index (χ0v) is 13.4. The summed E-state index contributed by atoms with van der Waals surface area (Å²) in [4.78, 5) is 0. The number of rotatable bonds is 0. The van der Waals surface area contributed by atoms with E-state index < -0.39 is 0 Å². The Morgan fingerprint density at radius 3 is 1.35 bits per heavy atom. The number of halogens is 3. The molecule has 0 saturated heterocycles. The Labute approximate surface area is 125 Å². The monoisotopic (exact) mass is 298 g/mol. The first-order valence-electron chi connectivity index (χ1n) is 6.55. The van der Waals surface area contributed by atoms with Gasteiger partial charge in [0, 0.05) is 0 Å². The summed E-state index contributed by atoms with van der Waals surface area (Å²) in [5.74, 6) is -0.406. The lowest BCUT2D eigenvalue weighted by molar-refractivity contribution is 0.609. The van der Waals surface area contributed by atoms with Crippen LogP contribution in [0.3, 0.4) is 0 Å². The summed E-state index contributed by atoms with van der Waals surface area (Å²) < 4.78 is 25.3. The summed E-state index contributed by atoms with van der Waals surface area (Å²) in [6.45, 7) is 9.21. The van der Waals surface area contributed by atoms with Crippen molar-refractivity contribution in [1.29, 1.82) is 0 Å². The van der Waals surface area contributed by atoms with E-state index in [1.807, 2.05) is 19.9 Å². The molecule has 0 aromatic heterocycles. The average molecular weight is 299 g/mol. The quantitative estimate of drug-likeness (QED) is 0.539. The van der Waals surface area contributed by atoms with Crippen molar-refractivity contribution in [2.24, 2.45) is 0 Å². The molecule has 0 aliphatic rings. The first-order chi connectivity index (χ1) is 9.43. The Morgan fingerprint density at radius 1 is 0.700 bits per heavy atom. The first-order valence-corrected chi connectivity index (χ1v) is 6.93. The number of aryl methyl sites for hydroxylation is 3. The number of hydrogen-bond acceptors (Lipinski definition) is 0. The predicted octanol–water partition coefficient (Wildman–Crippen LogP) is 6.26. The Morgan fingerprint density at radius 2 is 1.05 bits per heavy atom. The largest absolute Gasteiger partial charge is 0.206 e. The zero-order chi connectivity index (χ0) is 15.7. The Bertz CT molecular complexity index is 447. The van der Waals surface area contributed by atoms with E-state index in [0.717, 1.165) is 11.1 Å². The van der Waals surface area contributed by atoms with E-state index >= 15 is 0 Å². The Hall–Kier alpha value is -1.41. The first kappa shape index (κ1) is 18.6. The van der Waals surface area contributed by atoms with Gasteiger partial charge in [0.2, 0.25) is 0 Å². The van der Waals surface area contributed by atoms with Crippen LogP contribution in [0.4, 0.5) is 8.78 Å². The van der Waals surface area contributed by atoms with Crippen LogP contribution in [0, 0.1) is 32.4 Å². The maximum Gasteiger partial charge on any atom is 0.144 e. The molecular formula is C17H21ClF2. The zero-order valence-electron chi connectivity index (χ0n) is 12.6. The molecule has 2 rings (SSSR count). The van der Waals surface area contributed by atoms with E-state index in [-0.39, 0.29) is 16.7 Å². The predicted molar refractivity (Wildman–Crippen MR) is 83.4 cm³/mol. The van der Waals surface area contributed by atoms with E-state index in [2.05, 4.69) is 0 Å².